The Balaban J connectivity index is 1.63. The highest BCUT2D eigenvalue weighted by atomic mass is 32.2. The van der Waals surface area contributed by atoms with Crippen LogP contribution in [0.15, 0.2) is 83.8 Å². The van der Waals surface area contributed by atoms with Gasteiger partial charge in [0.25, 0.3) is 5.91 Å². The first-order chi connectivity index (χ1) is 13.2. The molecule has 0 atom stereocenters. The van der Waals surface area contributed by atoms with E-state index >= 15 is 0 Å². The number of carbonyl (C=O) groups excluding carboxylic acids is 2. The fourth-order valence-corrected chi connectivity index (χ4v) is 3.61. The van der Waals surface area contributed by atoms with Crippen molar-refractivity contribution in [2.24, 2.45) is 0 Å². The number of benzene rings is 3. The van der Waals surface area contributed by atoms with Crippen molar-refractivity contribution >= 4 is 40.6 Å². The zero-order valence-corrected chi connectivity index (χ0v) is 15.2. The first-order valence-electron chi connectivity index (χ1n) is 8.48. The molecule has 0 saturated heterocycles. The summed E-state index contributed by atoms with van der Waals surface area (Å²) in [7, 11) is 0. The third-order valence-corrected chi connectivity index (χ3v) is 5.19. The number of carbonyl (C=O) groups is 2. The highest BCUT2D eigenvalue weighted by molar-refractivity contribution is 8.00. The summed E-state index contributed by atoms with van der Waals surface area (Å²) in [5.41, 5.74) is 5.81. The van der Waals surface area contributed by atoms with Crippen LogP contribution in [0, 0.1) is 0 Å². The lowest BCUT2D eigenvalue weighted by Crippen LogP contribution is -2.39. The Labute approximate surface area is 161 Å². The minimum atomic E-state index is -0.254. The molecule has 1 heterocycles. The second-order valence-electron chi connectivity index (χ2n) is 6.00. The largest absolute Gasteiger partial charge is 0.324 e. The lowest BCUT2D eigenvalue weighted by Gasteiger charge is -2.26. The molecule has 0 unspecified atom stereocenters. The lowest BCUT2D eigenvalue weighted by molar-refractivity contribution is -0.113. The Hall–Kier alpha value is -3.25. The molecule has 0 aliphatic carbocycles. The Kier molecular flexibility index (Phi) is 4.80. The SMILES string of the molecule is O=C1CSc2ccc(C(=O)NN(c3ccccc3)c3ccccc3)cc2N1. The monoisotopic (exact) mass is 375 g/mol. The molecule has 0 radical (unpaired) electrons. The second-order valence-corrected chi connectivity index (χ2v) is 7.01. The standard InChI is InChI=1S/C21H17N3O2S/c25-20-14-27-19-12-11-15(13-18(19)22-20)21(26)23-24(16-7-3-1-4-8-16)17-9-5-2-6-10-17/h1-13H,14H2,(H,22,25)(H,23,26). The molecule has 4 rings (SSSR count). The van der Waals surface area contributed by atoms with Crippen LogP contribution in [-0.2, 0) is 4.79 Å². The first-order valence-corrected chi connectivity index (χ1v) is 9.47. The molecule has 3 aromatic carbocycles. The molecule has 0 saturated carbocycles. The number of para-hydroxylation sites is 2. The van der Waals surface area contributed by atoms with Gasteiger partial charge < -0.3 is 5.32 Å². The zero-order chi connectivity index (χ0) is 18.6. The number of amides is 2. The first kappa shape index (κ1) is 17.2. The number of nitrogens with zero attached hydrogens (tertiary/aromatic N) is 1. The van der Waals surface area contributed by atoms with Crippen molar-refractivity contribution in [2.75, 3.05) is 16.1 Å². The predicted octanol–water partition coefficient (Wildman–Crippen LogP) is 4.21. The summed E-state index contributed by atoms with van der Waals surface area (Å²) in [5.74, 6) is 0.0875. The summed E-state index contributed by atoms with van der Waals surface area (Å²) in [6.07, 6.45) is 0. The average molecular weight is 375 g/mol. The Bertz CT molecular complexity index is 938. The molecule has 27 heavy (non-hydrogen) atoms. The summed E-state index contributed by atoms with van der Waals surface area (Å²) >= 11 is 1.47. The van der Waals surface area contributed by atoms with E-state index in [2.05, 4.69) is 10.7 Å². The maximum absolute atomic E-state index is 12.9. The van der Waals surface area contributed by atoms with Gasteiger partial charge in [0.15, 0.2) is 0 Å². The molecular formula is C21H17N3O2S. The van der Waals surface area contributed by atoms with Gasteiger partial charge in [0.1, 0.15) is 0 Å². The molecule has 134 valence electrons. The van der Waals surface area contributed by atoms with E-state index in [9.17, 15) is 9.59 Å². The van der Waals surface area contributed by atoms with Crippen molar-refractivity contribution in [3.05, 3.63) is 84.4 Å². The molecule has 0 bridgehead atoms. The number of hydrazine groups is 1. The average Bonchev–Trinajstić information content (AvgIpc) is 2.72. The summed E-state index contributed by atoms with van der Waals surface area (Å²) < 4.78 is 0. The second kappa shape index (κ2) is 7.55. The molecular weight excluding hydrogens is 358 g/mol. The lowest BCUT2D eigenvalue weighted by atomic mass is 10.2. The van der Waals surface area contributed by atoms with E-state index in [1.165, 1.54) is 11.8 Å². The molecule has 1 aliphatic heterocycles. The minimum Gasteiger partial charge on any atom is -0.324 e. The quantitative estimate of drug-likeness (QED) is 0.671. The van der Waals surface area contributed by atoms with Gasteiger partial charge in [0.05, 0.1) is 22.8 Å². The molecule has 2 N–H and O–H groups in total. The van der Waals surface area contributed by atoms with Crippen LogP contribution in [0.2, 0.25) is 0 Å². The van der Waals surface area contributed by atoms with E-state index in [1.54, 1.807) is 17.1 Å². The fourth-order valence-electron chi connectivity index (χ4n) is 2.82. The summed E-state index contributed by atoms with van der Waals surface area (Å²) in [6, 6.07) is 24.6. The van der Waals surface area contributed by atoms with Crippen LogP contribution in [0.1, 0.15) is 10.4 Å². The van der Waals surface area contributed by atoms with E-state index in [-0.39, 0.29) is 11.8 Å². The van der Waals surface area contributed by atoms with Crippen molar-refractivity contribution in [2.45, 2.75) is 4.90 Å². The summed E-state index contributed by atoms with van der Waals surface area (Å²) in [6.45, 7) is 0. The van der Waals surface area contributed by atoms with Crippen LogP contribution in [0.25, 0.3) is 0 Å². The zero-order valence-electron chi connectivity index (χ0n) is 14.4. The van der Waals surface area contributed by atoms with Crippen molar-refractivity contribution in [3.8, 4) is 0 Å². The maximum Gasteiger partial charge on any atom is 0.270 e. The smallest absolute Gasteiger partial charge is 0.270 e. The van der Waals surface area contributed by atoms with Gasteiger partial charge in [-0.05, 0) is 42.5 Å². The predicted molar refractivity (Wildman–Crippen MR) is 108 cm³/mol. The van der Waals surface area contributed by atoms with E-state index < -0.39 is 0 Å². The Morgan fingerprint density at radius 2 is 1.56 bits per heavy atom. The third-order valence-electron chi connectivity index (χ3n) is 4.12. The van der Waals surface area contributed by atoms with E-state index in [0.29, 0.717) is 17.0 Å². The number of rotatable bonds is 4. The topological polar surface area (TPSA) is 61.4 Å². The van der Waals surface area contributed by atoms with Gasteiger partial charge in [-0.25, -0.2) is 0 Å². The highest BCUT2D eigenvalue weighted by Gasteiger charge is 2.19. The number of fused-ring (bicyclic) bond motifs is 1. The van der Waals surface area contributed by atoms with Crippen molar-refractivity contribution < 1.29 is 9.59 Å². The number of hydrogen-bond donors (Lipinski definition) is 2. The van der Waals surface area contributed by atoms with Crippen molar-refractivity contribution in [3.63, 3.8) is 0 Å². The molecule has 3 aromatic rings. The van der Waals surface area contributed by atoms with Crippen LogP contribution in [-0.4, -0.2) is 17.6 Å². The normalized spacial score (nSPS) is 12.7. The number of nitrogens with one attached hydrogen (secondary N) is 2. The van der Waals surface area contributed by atoms with E-state index in [0.717, 1.165) is 16.3 Å². The molecule has 0 aromatic heterocycles. The van der Waals surface area contributed by atoms with Gasteiger partial charge in [-0.3, -0.25) is 20.0 Å². The van der Waals surface area contributed by atoms with Crippen LogP contribution >= 0.6 is 11.8 Å². The van der Waals surface area contributed by atoms with Crippen LogP contribution in [0.3, 0.4) is 0 Å². The summed E-state index contributed by atoms with van der Waals surface area (Å²) in [5, 5.41) is 4.56. The number of thioether (sulfide) groups is 1. The minimum absolute atomic E-state index is 0.0553. The number of anilines is 3. The van der Waals surface area contributed by atoms with Gasteiger partial charge >= 0.3 is 0 Å². The molecule has 6 heteroatoms. The van der Waals surface area contributed by atoms with Gasteiger partial charge in [0, 0.05) is 10.5 Å². The molecule has 0 fully saturated rings. The Morgan fingerprint density at radius 1 is 0.926 bits per heavy atom. The van der Waals surface area contributed by atoms with Crippen LogP contribution < -0.4 is 15.8 Å². The van der Waals surface area contributed by atoms with Crippen LogP contribution in [0.4, 0.5) is 17.1 Å². The van der Waals surface area contributed by atoms with Gasteiger partial charge in [-0.2, -0.15) is 0 Å². The van der Waals surface area contributed by atoms with Crippen molar-refractivity contribution in [1.29, 1.82) is 0 Å². The number of hydrogen-bond acceptors (Lipinski definition) is 4. The molecule has 1 aliphatic rings. The third kappa shape index (κ3) is 3.80. The van der Waals surface area contributed by atoms with E-state index in [4.69, 9.17) is 0 Å². The Morgan fingerprint density at radius 3 is 2.19 bits per heavy atom. The van der Waals surface area contributed by atoms with Gasteiger partial charge in [-0.1, -0.05) is 36.4 Å². The van der Waals surface area contributed by atoms with Crippen molar-refractivity contribution in [1.82, 2.24) is 5.43 Å². The van der Waals surface area contributed by atoms with Gasteiger partial charge in [-0.15, -0.1) is 11.8 Å². The van der Waals surface area contributed by atoms with Crippen LogP contribution in [0.5, 0.6) is 0 Å². The molecule has 2 amide bonds. The maximum atomic E-state index is 12.9. The van der Waals surface area contributed by atoms with Gasteiger partial charge in [0.2, 0.25) is 5.91 Å². The summed E-state index contributed by atoms with van der Waals surface area (Å²) in [4.78, 5) is 25.5. The van der Waals surface area contributed by atoms with E-state index in [1.807, 2.05) is 66.7 Å². The highest BCUT2D eigenvalue weighted by Crippen LogP contribution is 2.32. The molecule has 5 nitrogen and oxygen atoms in total. The molecule has 0 spiro atoms. The fraction of sp³-hybridized carbons (Fsp3) is 0.0476.